The van der Waals surface area contributed by atoms with Gasteiger partial charge in [-0.05, 0) is 12.1 Å². The molecule has 1 rings (SSSR count). The van der Waals surface area contributed by atoms with E-state index in [0.717, 1.165) is 0 Å². The molecule has 0 aromatic carbocycles. The number of hydrogen-bond acceptors (Lipinski definition) is 3. The molecule has 0 aliphatic carbocycles. The molecule has 0 fully saturated rings. The van der Waals surface area contributed by atoms with E-state index in [-0.39, 0.29) is 22.4 Å². The molecule has 0 aliphatic heterocycles. The number of amides is 1. The molecule has 14 heavy (non-hydrogen) atoms. The Balaban J connectivity index is 2.86. The first-order valence-corrected chi connectivity index (χ1v) is 4.38. The summed E-state index contributed by atoms with van der Waals surface area (Å²) in [6.45, 7) is -0.0716. The Bertz CT molecular complexity index is 400. The van der Waals surface area contributed by atoms with Crippen LogP contribution in [0.15, 0.2) is 12.1 Å². The average molecular weight is 230 g/mol. The minimum atomic E-state index is -0.444. The SMILES string of the molecule is N#CCNC(=O)c1ccc(Cl)nc1Cl. The van der Waals surface area contributed by atoms with Crippen LogP contribution in [0.25, 0.3) is 0 Å². The molecule has 1 heterocycles. The van der Waals surface area contributed by atoms with Crippen LogP contribution in [-0.4, -0.2) is 17.4 Å². The molecule has 0 aliphatic rings. The van der Waals surface area contributed by atoms with Gasteiger partial charge in [-0.1, -0.05) is 23.2 Å². The molecule has 0 unspecified atom stereocenters. The van der Waals surface area contributed by atoms with Crippen LogP contribution in [0.5, 0.6) is 0 Å². The second kappa shape index (κ2) is 4.80. The van der Waals surface area contributed by atoms with E-state index in [0.29, 0.717) is 0 Å². The summed E-state index contributed by atoms with van der Waals surface area (Å²) < 4.78 is 0. The highest BCUT2D eigenvalue weighted by Crippen LogP contribution is 2.16. The first-order valence-electron chi connectivity index (χ1n) is 3.62. The highest BCUT2D eigenvalue weighted by molar-refractivity contribution is 6.34. The number of halogens is 2. The van der Waals surface area contributed by atoms with Gasteiger partial charge in [-0.25, -0.2) is 4.98 Å². The number of carbonyl (C=O) groups is 1. The number of carbonyl (C=O) groups excluding carboxylic acids is 1. The first-order chi connectivity index (χ1) is 6.65. The van der Waals surface area contributed by atoms with Crippen molar-refractivity contribution in [2.45, 2.75) is 0 Å². The van der Waals surface area contributed by atoms with Crippen molar-refractivity contribution in [2.75, 3.05) is 6.54 Å². The number of pyridine rings is 1. The summed E-state index contributed by atoms with van der Waals surface area (Å²) >= 11 is 11.2. The topological polar surface area (TPSA) is 65.8 Å². The molecule has 0 saturated heterocycles. The first kappa shape index (κ1) is 10.8. The predicted molar refractivity (Wildman–Crippen MR) is 52.2 cm³/mol. The van der Waals surface area contributed by atoms with Crippen LogP contribution in [0.3, 0.4) is 0 Å². The van der Waals surface area contributed by atoms with Crippen LogP contribution in [0.4, 0.5) is 0 Å². The van der Waals surface area contributed by atoms with E-state index in [1.807, 2.05) is 0 Å². The third-order valence-electron chi connectivity index (χ3n) is 1.39. The van der Waals surface area contributed by atoms with E-state index >= 15 is 0 Å². The van der Waals surface area contributed by atoms with Crippen molar-refractivity contribution in [2.24, 2.45) is 0 Å². The fourth-order valence-electron chi connectivity index (χ4n) is 0.797. The normalized spacial score (nSPS) is 9.21. The summed E-state index contributed by atoms with van der Waals surface area (Å²) in [5.41, 5.74) is 0.200. The van der Waals surface area contributed by atoms with Gasteiger partial charge in [0.25, 0.3) is 5.91 Å². The van der Waals surface area contributed by atoms with Crippen LogP contribution in [0.1, 0.15) is 10.4 Å². The quantitative estimate of drug-likeness (QED) is 0.620. The summed E-state index contributed by atoms with van der Waals surface area (Å²) in [6.07, 6.45) is 0. The maximum atomic E-state index is 11.3. The van der Waals surface area contributed by atoms with Crippen molar-refractivity contribution in [1.82, 2.24) is 10.3 Å². The molecular formula is C8H5Cl2N3O. The minimum Gasteiger partial charge on any atom is -0.339 e. The molecule has 0 bridgehead atoms. The van der Waals surface area contributed by atoms with Crippen molar-refractivity contribution in [3.05, 3.63) is 28.0 Å². The van der Waals surface area contributed by atoms with Crippen LogP contribution in [-0.2, 0) is 0 Å². The summed E-state index contributed by atoms with van der Waals surface area (Å²) in [5.74, 6) is -0.444. The second-order valence-electron chi connectivity index (χ2n) is 2.31. The van der Waals surface area contributed by atoms with Crippen molar-refractivity contribution < 1.29 is 4.79 Å². The van der Waals surface area contributed by atoms with E-state index in [9.17, 15) is 4.79 Å². The zero-order valence-corrected chi connectivity index (χ0v) is 8.43. The highest BCUT2D eigenvalue weighted by atomic mass is 35.5. The number of aromatic nitrogens is 1. The lowest BCUT2D eigenvalue weighted by Crippen LogP contribution is -2.23. The molecule has 1 N–H and O–H groups in total. The van der Waals surface area contributed by atoms with Crippen molar-refractivity contribution in [1.29, 1.82) is 5.26 Å². The molecule has 0 atom stereocenters. The third-order valence-corrected chi connectivity index (χ3v) is 1.89. The molecule has 1 aromatic rings. The van der Waals surface area contributed by atoms with Gasteiger partial charge in [-0.15, -0.1) is 0 Å². The molecule has 1 aromatic heterocycles. The number of nitriles is 1. The van der Waals surface area contributed by atoms with Gasteiger partial charge in [0.15, 0.2) is 0 Å². The van der Waals surface area contributed by atoms with E-state index < -0.39 is 5.91 Å². The summed E-state index contributed by atoms with van der Waals surface area (Å²) in [6, 6.07) is 4.68. The molecule has 0 spiro atoms. The van der Waals surface area contributed by atoms with Gasteiger partial charge >= 0.3 is 0 Å². The lowest BCUT2D eigenvalue weighted by molar-refractivity contribution is 0.0958. The Labute approximate surface area is 90.5 Å². The van der Waals surface area contributed by atoms with Crippen LogP contribution in [0.2, 0.25) is 10.3 Å². The lowest BCUT2D eigenvalue weighted by atomic mass is 10.3. The number of hydrogen-bond donors (Lipinski definition) is 1. The van der Waals surface area contributed by atoms with Gasteiger partial charge in [0.2, 0.25) is 0 Å². The van der Waals surface area contributed by atoms with Crippen LogP contribution >= 0.6 is 23.2 Å². The lowest BCUT2D eigenvalue weighted by Gasteiger charge is -2.02. The van der Waals surface area contributed by atoms with Gasteiger partial charge < -0.3 is 5.32 Å². The zero-order valence-electron chi connectivity index (χ0n) is 6.92. The van der Waals surface area contributed by atoms with Gasteiger partial charge in [-0.3, -0.25) is 4.79 Å². The molecule has 6 heteroatoms. The van der Waals surface area contributed by atoms with Crippen molar-refractivity contribution in [3.63, 3.8) is 0 Å². The minimum absolute atomic E-state index is 0.0212. The highest BCUT2D eigenvalue weighted by Gasteiger charge is 2.10. The van der Waals surface area contributed by atoms with E-state index in [4.69, 9.17) is 28.5 Å². The Hall–Kier alpha value is -1.31. The van der Waals surface area contributed by atoms with Gasteiger partial charge in [0.05, 0.1) is 11.6 Å². The monoisotopic (exact) mass is 229 g/mol. The number of nitrogens with zero attached hydrogens (tertiary/aromatic N) is 2. The maximum Gasteiger partial charge on any atom is 0.255 e. The van der Waals surface area contributed by atoms with E-state index in [1.165, 1.54) is 12.1 Å². The standard InChI is InChI=1S/C8H5Cl2N3O/c9-6-2-1-5(7(10)13-6)8(14)12-4-3-11/h1-2H,4H2,(H,12,14). The Morgan fingerprint density at radius 3 is 2.86 bits per heavy atom. The maximum absolute atomic E-state index is 11.3. The van der Waals surface area contributed by atoms with Crippen LogP contribution in [0, 0.1) is 11.3 Å². The van der Waals surface area contributed by atoms with Gasteiger partial charge in [0.1, 0.15) is 16.9 Å². The fraction of sp³-hybridized carbons (Fsp3) is 0.125. The number of rotatable bonds is 2. The molecule has 4 nitrogen and oxygen atoms in total. The summed E-state index contributed by atoms with van der Waals surface area (Å²) in [5, 5.41) is 10.8. The van der Waals surface area contributed by atoms with Crippen molar-refractivity contribution in [3.8, 4) is 6.07 Å². The van der Waals surface area contributed by atoms with E-state index in [2.05, 4.69) is 10.3 Å². The largest absolute Gasteiger partial charge is 0.339 e. The number of nitrogens with one attached hydrogen (secondary N) is 1. The predicted octanol–water partition coefficient (Wildman–Crippen LogP) is 1.64. The molecule has 1 amide bonds. The van der Waals surface area contributed by atoms with Crippen LogP contribution < -0.4 is 5.32 Å². The summed E-state index contributed by atoms with van der Waals surface area (Å²) in [4.78, 5) is 15.0. The molecule has 72 valence electrons. The molecule has 0 radical (unpaired) electrons. The molecular weight excluding hydrogens is 225 g/mol. The van der Waals surface area contributed by atoms with Gasteiger partial charge in [0, 0.05) is 0 Å². The van der Waals surface area contributed by atoms with Crippen molar-refractivity contribution >= 4 is 29.1 Å². The second-order valence-corrected chi connectivity index (χ2v) is 3.06. The molecule has 0 saturated carbocycles. The van der Waals surface area contributed by atoms with Gasteiger partial charge in [-0.2, -0.15) is 5.26 Å². The fourth-order valence-corrected chi connectivity index (χ4v) is 1.23. The average Bonchev–Trinajstić information content (AvgIpc) is 2.14. The Morgan fingerprint density at radius 1 is 1.57 bits per heavy atom. The Kier molecular flexibility index (Phi) is 3.69. The Morgan fingerprint density at radius 2 is 2.29 bits per heavy atom. The zero-order chi connectivity index (χ0) is 10.6. The summed E-state index contributed by atoms with van der Waals surface area (Å²) in [7, 11) is 0. The third kappa shape index (κ3) is 2.59. The smallest absolute Gasteiger partial charge is 0.255 e. The van der Waals surface area contributed by atoms with E-state index in [1.54, 1.807) is 6.07 Å².